The molecule has 5 rings (SSSR count). The van der Waals surface area contributed by atoms with Gasteiger partial charge in [0.2, 0.25) is 11.6 Å². The van der Waals surface area contributed by atoms with E-state index >= 15 is 0 Å². The van der Waals surface area contributed by atoms with E-state index in [9.17, 15) is 5.11 Å². The largest absolute Gasteiger partial charge is 0.491 e. The maximum Gasteiger partial charge on any atom is 0.261 e. The zero-order valence-electron chi connectivity index (χ0n) is 15.3. The third-order valence-corrected chi connectivity index (χ3v) is 4.46. The number of aromatic hydroxyl groups is 1. The summed E-state index contributed by atoms with van der Waals surface area (Å²) in [6, 6.07) is 28.7. The van der Waals surface area contributed by atoms with Gasteiger partial charge in [0.15, 0.2) is 5.82 Å². The Kier molecular flexibility index (Phi) is 4.10. The summed E-state index contributed by atoms with van der Waals surface area (Å²) in [4.78, 5) is 4.31. The van der Waals surface area contributed by atoms with E-state index < -0.39 is 0 Å². The van der Waals surface area contributed by atoms with Crippen LogP contribution < -0.4 is 0 Å². The third kappa shape index (κ3) is 3.04. The van der Waals surface area contributed by atoms with Crippen molar-refractivity contribution in [1.82, 2.24) is 19.2 Å². The highest BCUT2D eigenvalue weighted by Gasteiger charge is 2.22. The summed E-state index contributed by atoms with van der Waals surface area (Å²) < 4.78 is 3.40. The third-order valence-electron chi connectivity index (χ3n) is 4.46. The molecule has 1 N–H and O–H groups in total. The molecule has 0 saturated carbocycles. The van der Waals surface area contributed by atoms with Crippen LogP contribution in [-0.2, 0) is 0 Å². The molecule has 2 heterocycles. The fraction of sp³-hybridized carbons (Fsp3) is 0. The monoisotopic (exact) mass is 380 g/mol. The van der Waals surface area contributed by atoms with E-state index in [0.29, 0.717) is 17.3 Å². The van der Waals surface area contributed by atoms with Gasteiger partial charge in [-0.25, -0.2) is 4.40 Å². The van der Waals surface area contributed by atoms with Gasteiger partial charge in [-0.1, -0.05) is 66.7 Å². The molecule has 7 nitrogen and oxygen atoms in total. The first-order valence-electron chi connectivity index (χ1n) is 9.09. The number of hydrogen-bond donors (Lipinski definition) is 1. The molecular formula is C22H16N6O. The Morgan fingerprint density at radius 3 is 2.03 bits per heavy atom. The number of nitrogens with zero attached hydrogens (tertiary/aromatic N) is 6. The number of hydrogen-bond acceptors (Lipinski definition) is 5. The summed E-state index contributed by atoms with van der Waals surface area (Å²) in [5.41, 5.74) is 2.38. The molecule has 5 aromatic rings. The van der Waals surface area contributed by atoms with Crippen molar-refractivity contribution >= 4 is 17.3 Å². The van der Waals surface area contributed by atoms with Crippen LogP contribution in [0.15, 0.2) is 101 Å². The van der Waals surface area contributed by atoms with E-state index in [4.69, 9.17) is 5.10 Å². The number of aromatic nitrogens is 4. The molecule has 0 fully saturated rings. The first-order chi connectivity index (χ1) is 14.3. The molecule has 0 radical (unpaired) electrons. The Labute approximate surface area is 166 Å². The maximum absolute atomic E-state index is 10.5. The molecule has 0 amide bonds. The van der Waals surface area contributed by atoms with Crippen molar-refractivity contribution in [3.63, 3.8) is 0 Å². The first kappa shape index (κ1) is 16.9. The van der Waals surface area contributed by atoms with Crippen molar-refractivity contribution in [1.29, 1.82) is 0 Å². The van der Waals surface area contributed by atoms with Crippen LogP contribution >= 0.6 is 0 Å². The van der Waals surface area contributed by atoms with E-state index in [1.54, 1.807) is 9.08 Å². The Hall–Kier alpha value is -4.26. The number of imidazole rings is 1. The Balaban J connectivity index is 1.75. The molecule has 140 valence electrons. The zero-order valence-corrected chi connectivity index (χ0v) is 15.3. The van der Waals surface area contributed by atoms with Gasteiger partial charge in [-0.2, -0.15) is 9.67 Å². The molecule has 0 spiro atoms. The molecule has 0 unspecified atom stereocenters. The van der Waals surface area contributed by atoms with Crippen LogP contribution in [0.3, 0.4) is 0 Å². The predicted octanol–water partition coefficient (Wildman–Crippen LogP) is 5.31. The fourth-order valence-electron chi connectivity index (χ4n) is 3.12. The van der Waals surface area contributed by atoms with E-state index in [2.05, 4.69) is 15.2 Å². The van der Waals surface area contributed by atoms with Gasteiger partial charge in [0.1, 0.15) is 0 Å². The van der Waals surface area contributed by atoms with Crippen LogP contribution in [0.4, 0.5) is 11.5 Å². The highest BCUT2D eigenvalue weighted by atomic mass is 16.3. The fourth-order valence-corrected chi connectivity index (χ4v) is 3.12. The Morgan fingerprint density at radius 2 is 1.34 bits per heavy atom. The molecule has 2 aromatic heterocycles. The minimum absolute atomic E-state index is 0.205. The van der Waals surface area contributed by atoms with Crippen molar-refractivity contribution in [2.45, 2.75) is 0 Å². The van der Waals surface area contributed by atoms with E-state index in [1.165, 1.54) is 0 Å². The standard InChI is InChI=1S/C22H16N6O/c29-21-20(25-24-17-12-6-2-7-13-17)27-19(16-10-4-1-5-11-16)26-28(22(27)23-21)18-14-8-3-9-15-18/h1-15,29H. The van der Waals surface area contributed by atoms with Gasteiger partial charge in [0.05, 0.1) is 11.4 Å². The van der Waals surface area contributed by atoms with Crippen molar-refractivity contribution in [3.8, 4) is 23.0 Å². The van der Waals surface area contributed by atoms with Crippen LogP contribution in [0.25, 0.3) is 22.9 Å². The molecule has 0 aliphatic rings. The lowest BCUT2D eigenvalue weighted by Crippen LogP contribution is -1.96. The molecule has 0 atom stereocenters. The summed E-state index contributed by atoms with van der Waals surface area (Å²) in [5.74, 6) is 1.09. The lowest BCUT2D eigenvalue weighted by molar-refractivity contribution is 0.457. The Morgan fingerprint density at radius 1 is 0.724 bits per heavy atom. The Bertz CT molecular complexity index is 1290. The summed E-state index contributed by atoms with van der Waals surface area (Å²) in [6.45, 7) is 0. The van der Waals surface area contributed by atoms with E-state index in [0.717, 1.165) is 11.3 Å². The van der Waals surface area contributed by atoms with Crippen LogP contribution in [0.2, 0.25) is 0 Å². The average molecular weight is 380 g/mol. The van der Waals surface area contributed by atoms with Crippen LogP contribution in [0, 0.1) is 0 Å². The maximum atomic E-state index is 10.5. The zero-order chi connectivity index (χ0) is 19.6. The van der Waals surface area contributed by atoms with Gasteiger partial charge in [0, 0.05) is 5.56 Å². The quantitative estimate of drug-likeness (QED) is 0.429. The van der Waals surface area contributed by atoms with Crippen molar-refractivity contribution in [3.05, 3.63) is 91.0 Å². The van der Waals surface area contributed by atoms with Crippen LogP contribution in [0.5, 0.6) is 5.88 Å². The number of azo groups is 1. The predicted molar refractivity (Wildman–Crippen MR) is 110 cm³/mol. The highest BCUT2D eigenvalue weighted by Crippen LogP contribution is 2.34. The molecular weight excluding hydrogens is 364 g/mol. The van der Waals surface area contributed by atoms with Gasteiger partial charge < -0.3 is 5.11 Å². The smallest absolute Gasteiger partial charge is 0.261 e. The summed E-state index contributed by atoms with van der Waals surface area (Å²) in [5, 5.41) is 23.8. The van der Waals surface area contributed by atoms with E-state index in [1.807, 2.05) is 91.0 Å². The number of fused-ring (bicyclic) bond motifs is 1. The van der Waals surface area contributed by atoms with Crippen LogP contribution in [0.1, 0.15) is 0 Å². The minimum atomic E-state index is -0.205. The molecule has 29 heavy (non-hydrogen) atoms. The SMILES string of the molecule is Oc1nc2n(-c3ccccc3)nc(-c3ccccc3)n2c1N=Nc1ccccc1. The first-order valence-corrected chi connectivity index (χ1v) is 9.09. The van der Waals surface area contributed by atoms with Gasteiger partial charge in [-0.3, -0.25) is 0 Å². The lowest BCUT2D eigenvalue weighted by atomic mass is 10.2. The lowest BCUT2D eigenvalue weighted by Gasteiger charge is -2.00. The van der Waals surface area contributed by atoms with Gasteiger partial charge in [0.25, 0.3) is 5.88 Å². The second-order valence-corrected chi connectivity index (χ2v) is 6.37. The van der Waals surface area contributed by atoms with Crippen LogP contribution in [-0.4, -0.2) is 24.3 Å². The normalized spacial score (nSPS) is 11.4. The summed E-state index contributed by atoms with van der Waals surface area (Å²) in [7, 11) is 0. The molecule has 0 saturated heterocycles. The van der Waals surface area contributed by atoms with Crippen molar-refractivity contribution < 1.29 is 5.11 Å². The molecule has 0 bridgehead atoms. The second kappa shape index (κ2) is 7.05. The number of benzene rings is 3. The second-order valence-electron chi connectivity index (χ2n) is 6.37. The molecule has 3 aromatic carbocycles. The van der Waals surface area contributed by atoms with Gasteiger partial charge in [-0.15, -0.1) is 15.3 Å². The summed E-state index contributed by atoms with van der Waals surface area (Å²) >= 11 is 0. The number of para-hydroxylation sites is 1. The van der Waals surface area contributed by atoms with E-state index in [-0.39, 0.29) is 11.7 Å². The molecule has 0 aliphatic heterocycles. The average Bonchev–Trinajstić information content (AvgIpc) is 3.30. The van der Waals surface area contributed by atoms with Crippen molar-refractivity contribution in [2.24, 2.45) is 10.2 Å². The molecule has 7 heteroatoms. The highest BCUT2D eigenvalue weighted by molar-refractivity contribution is 5.66. The van der Waals surface area contributed by atoms with Gasteiger partial charge >= 0.3 is 0 Å². The van der Waals surface area contributed by atoms with Gasteiger partial charge in [-0.05, 0) is 24.3 Å². The number of rotatable bonds is 4. The topological polar surface area (TPSA) is 80.1 Å². The molecule has 0 aliphatic carbocycles. The van der Waals surface area contributed by atoms with Crippen molar-refractivity contribution in [2.75, 3.05) is 0 Å². The minimum Gasteiger partial charge on any atom is -0.491 e. The summed E-state index contributed by atoms with van der Waals surface area (Å²) in [6.07, 6.45) is 0.